The lowest BCUT2D eigenvalue weighted by atomic mass is 10.2. The number of aliphatic carboxylic acids is 1. The SMILES string of the molecule is O=C(O)Cc1cncc([N+](=O)[O-])c1Cl. The van der Waals surface area contributed by atoms with Gasteiger partial charge in [0, 0.05) is 11.8 Å². The molecule has 74 valence electrons. The van der Waals surface area contributed by atoms with Gasteiger partial charge in [-0.2, -0.15) is 0 Å². The topological polar surface area (TPSA) is 93.3 Å². The molecular weight excluding hydrogens is 212 g/mol. The Morgan fingerprint density at radius 2 is 2.29 bits per heavy atom. The zero-order valence-electron chi connectivity index (χ0n) is 6.81. The van der Waals surface area contributed by atoms with Crippen LogP contribution in [-0.2, 0) is 11.2 Å². The Morgan fingerprint density at radius 3 is 2.79 bits per heavy atom. The highest BCUT2D eigenvalue weighted by Crippen LogP contribution is 2.26. The van der Waals surface area contributed by atoms with Crippen LogP contribution in [0.4, 0.5) is 5.69 Å². The van der Waals surface area contributed by atoms with Crippen molar-refractivity contribution < 1.29 is 14.8 Å². The summed E-state index contributed by atoms with van der Waals surface area (Å²) in [5, 5.41) is 18.7. The van der Waals surface area contributed by atoms with Gasteiger partial charge < -0.3 is 5.11 Å². The number of hydrogen-bond acceptors (Lipinski definition) is 4. The molecule has 0 aliphatic heterocycles. The normalized spacial score (nSPS) is 9.79. The maximum Gasteiger partial charge on any atom is 0.307 e. The van der Waals surface area contributed by atoms with Gasteiger partial charge in [0.25, 0.3) is 0 Å². The molecule has 0 saturated heterocycles. The van der Waals surface area contributed by atoms with Crippen molar-refractivity contribution in [2.75, 3.05) is 0 Å². The lowest BCUT2D eigenvalue weighted by Gasteiger charge is -1.99. The minimum Gasteiger partial charge on any atom is -0.481 e. The lowest BCUT2D eigenvalue weighted by molar-refractivity contribution is -0.385. The van der Waals surface area contributed by atoms with Crippen molar-refractivity contribution in [3.05, 3.63) is 33.1 Å². The van der Waals surface area contributed by atoms with Crippen molar-refractivity contribution >= 4 is 23.3 Å². The van der Waals surface area contributed by atoms with E-state index in [9.17, 15) is 14.9 Å². The Morgan fingerprint density at radius 1 is 1.64 bits per heavy atom. The van der Waals surface area contributed by atoms with E-state index >= 15 is 0 Å². The molecule has 0 bridgehead atoms. The molecule has 1 aromatic rings. The van der Waals surface area contributed by atoms with Crippen LogP contribution in [0.2, 0.25) is 5.02 Å². The molecule has 0 aliphatic rings. The van der Waals surface area contributed by atoms with Crippen LogP contribution in [-0.4, -0.2) is 21.0 Å². The van der Waals surface area contributed by atoms with E-state index in [0.29, 0.717) is 0 Å². The number of aromatic nitrogens is 1. The molecule has 1 rings (SSSR count). The van der Waals surface area contributed by atoms with Gasteiger partial charge in [0.1, 0.15) is 11.2 Å². The summed E-state index contributed by atoms with van der Waals surface area (Å²) in [6.45, 7) is 0. The first-order chi connectivity index (χ1) is 6.52. The van der Waals surface area contributed by atoms with Crippen LogP contribution in [0.5, 0.6) is 0 Å². The summed E-state index contributed by atoms with van der Waals surface area (Å²) < 4.78 is 0. The van der Waals surface area contributed by atoms with Gasteiger partial charge in [-0.15, -0.1) is 0 Å². The fourth-order valence-electron chi connectivity index (χ4n) is 0.889. The predicted molar refractivity (Wildman–Crippen MR) is 47.2 cm³/mol. The minimum atomic E-state index is -1.12. The second-order valence-electron chi connectivity index (χ2n) is 2.46. The Hall–Kier alpha value is -1.69. The van der Waals surface area contributed by atoms with Crippen molar-refractivity contribution in [2.24, 2.45) is 0 Å². The van der Waals surface area contributed by atoms with Crippen molar-refractivity contribution in [1.29, 1.82) is 0 Å². The summed E-state index contributed by atoms with van der Waals surface area (Å²) in [4.78, 5) is 23.6. The van der Waals surface area contributed by atoms with Gasteiger partial charge in [0.15, 0.2) is 0 Å². The largest absolute Gasteiger partial charge is 0.481 e. The molecule has 0 unspecified atom stereocenters. The molecule has 7 heteroatoms. The number of carboxylic acids is 1. The summed E-state index contributed by atoms with van der Waals surface area (Å²) in [7, 11) is 0. The number of nitrogens with zero attached hydrogens (tertiary/aromatic N) is 2. The maximum atomic E-state index is 10.4. The predicted octanol–water partition coefficient (Wildman–Crippen LogP) is 1.27. The fraction of sp³-hybridized carbons (Fsp3) is 0.143. The Kier molecular flexibility index (Phi) is 2.98. The van der Waals surface area contributed by atoms with Gasteiger partial charge >= 0.3 is 11.7 Å². The van der Waals surface area contributed by atoms with Crippen molar-refractivity contribution in [3.8, 4) is 0 Å². The van der Waals surface area contributed by atoms with E-state index in [1.165, 1.54) is 6.20 Å². The molecule has 0 amide bonds. The summed E-state index contributed by atoms with van der Waals surface area (Å²) in [6.07, 6.45) is 1.80. The quantitative estimate of drug-likeness (QED) is 0.607. The second kappa shape index (κ2) is 4.01. The summed E-state index contributed by atoms with van der Waals surface area (Å²) in [5.41, 5.74) is -0.251. The summed E-state index contributed by atoms with van der Waals surface area (Å²) in [5.74, 6) is -1.12. The average Bonchev–Trinajstić information content (AvgIpc) is 2.07. The molecule has 0 atom stereocenters. The first-order valence-electron chi connectivity index (χ1n) is 3.51. The minimum absolute atomic E-state index is 0.133. The highest BCUT2D eigenvalue weighted by Gasteiger charge is 2.17. The highest BCUT2D eigenvalue weighted by molar-refractivity contribution is 6.33. The monoisotopic (exact) mass is 216 g/mol. The molecule has 14 heavy (non-hydrogen) atoms. The smallest absolute Gasteiger partial charge is 0.307 e. The molecule has 0 fully saturated rings. The van der Waals surface area contributed by atoms with E-state index in [0.717, 1.165) is 6.20 Å². The molecule has 0 spiro atoms. The van der Waals surface area contributed by atoms with Gasteiger partial charge in [-0.3, -0.25) is 19.9 Å². The molecule has 0 aromatic carbocycles. The molecule has 0 saturated carbocycles. The number of pyridine rings is 1. The fourth-order valence-corrected chi connectivity index (χ4v) is 1.12. The van der Waals surface area contributed by atoms with E-state index in [1.807, 2.05) is 0 Å². The Balaban J connectivity index is 3.13. The number of hydrogen-bond donors (Lipinski definition) is 1. The third kappa shape index (κ3) is 2.17. The van der Waals surface area contributed by atoms with Crippen molar-refractivity contribution in [1.82, 2.24) is 4.98 Å². The number of carbonyl (C=O) groups is 1. The zero-order valence-corrected chi connectivity index (χ0v) is 7.56. The van der Waals surface area contributed by atoms with E-state index in [-0.39, 0.29) is 22.7 Å². The maximum absolute atomic E-state index is 10.4. The molecule has 1 heterocycles. The lowest BCUT2D eigenvalue weighted by Crippen LogP contribution is -2.02. The van der Waals surface area contributed by atoms with Gasteiger partial charge in [0.2, 0.25) is 0 Å². The molecule has 1 aromatic heterocycles. The number of nitro groups is 1. The standard InChI is InChI=1S/C7H5ClN2O4/c8-7-4(1-6(11)12)2-9-3-5(7)10(13)14/h2-3H,1H2,(H,11,12). The summed E-state index contributed by atoms with van der Waals surface area (Å²) >= 11 is 5.60. The number of carboxylic acid groups (broad SMARTS) is 1. The van der Waals surface area contributed by atoms with Gasteiger partial charge in [-0.05, 0) is 0 Å². The molecular formula is C7H5ClN2O4. The van der Waals surface area contributed by atoms with Crippen LogP contribution < -0.4 is 0 Å². The van der Waals surface area contributed by atoms with Crippen LogP contribution in [0.15, 0.2) is 12.4 Å². The second-order valence-corrected chi connectivity index (χ2v) is 2.84. The van der Waals surface area contributed by atoms with Crippen LogP contribution in [0.3, 0.4) is 0 Å². The zero-order chi connectivity index (χ0) is 10.7. The van der Waals surface area contributed by atoms with Crippen molar-refractivity contribution in [3.63, 3.8) is 0 Å². The first-order valence-corrected chi connectivity index (χ1v) is 3.88. The van der Waals surface area contributed by atoms with Crippen LogP contribution in [0.25, 0.3) is 0 Å². The third-order valence-electron chi connectivity index (χ3n) is 1.47. The average molecular weight is 217 g/mol. The molecule has 0 radical (unpaired) electrons. The van der Waals surface area contributed by atoms with Crippen LogP contribution in [0.1, 0.15) is 5.56 Å². The van der Waals surface area contributed by atoms with E-state index in [2.05, 4.69) is 4.98 Å². The van der Waals surface area contributed by atoms with E-state index < -0.39 is 10.9 Å². The van der Waals surface area contributed by atoms with E-state index in [4.69, 9.17) is 16.7 Å². The third-order valence-corrected chi connectivity index (χ3v) is 1.91. The molecule has 6 nitrogen and oxygen atoms in total. The number of halogens is 1. The number of rotatable bonds is 3. The first kappa shape index (κ1) is 10.4. The van der Waals surface area contributed by atoms with Gasteiger partial charge in [-0.25, -0.2) is 0 Å². The molecule has 1 N–H and O–H groups in total. The van der Waals surface area contributed by atoms with Crippen LogP contribution >= 0.6 is 11.6 Å². The van der Waals surface area contributed by atoms with E-state index in [1.54, 1.807) is 0 Å². The van der Waals surface area contributed by atoms with Crippen molar-refractivity contribution in [2.45, 2.75) is 6.42 Å². The summed E-state index contributed by atoms with van der Waals surface area (Å²) in [6, 6.07) is 0. The Bertz CT molecular complexity index is 393. The van der Waals surface area contributed by atoms with Crippen LogP contribution in [0, 0.1) is 10.1 Å². The van der Waals surface area contributed by atoms with Gasteiger partial charge in [-0.1, -0.05) is 11.6 Å². The highest BCUT2D eigenvalue weighted by atomic mass is 35.5. The Labute approximate surface area is 83.3 Å². The molecule has 0 aliphatic carbocycles. The van der Waals surface area contributed by atoms with Gasteiger partial charge in [0.05, 0.1) is 11.3 Å².